The van der Waals surface area contributed by atoms with Crippen molar-refractivity contribution in [2.75, 3.05) is 0 Å². The minimum atomic E-state index is -0.237. The molecule has 1 aromatic heterocycles. The van der Waals surface area contributed by atoms with Gasteiger partial charge in [-0.15, -0.1) is 0 Å². The summed E-state index contributed by atoms with van der Waals surface area (Å²) in [6.07, 6.45) is 1.55. The third kappa shape index (κ3) is 0.966. The van der Waals surface area contributed by atoms with Gasteiger partial charge in [0.25, 0.3) is 0 Å². The number of fused-ring (bicyclic) bond motifs is 1. The highest BCUT2D eigenvalue weighted by molar-refractivity contribution is 9.10. The van der Waals surface area contributed by atoms with Crippen LogP contribution in [0, 0.1) is 12.7 Å². The molecule has 0 unspecified atom stereocenters. The van der Waals surface area contributed by atoms with Crippen LogP contribution in [0.3, 0.4) is 0 Å². The minimum absolute atomic E-state index is 0.237. The second-order valence-electron chi connectivity index (χ2n) is 2.65. The maximum atomic E-state index is 13.2. The van der Waals surface area contributed by atoms with Gasteiger partial charge in [0.15, 0.2) is 5.58 Å². The summed E-state index contributed by atoms with van der Waals surface area (Å²) in [5.74, 6) is -0.237. The topological polar surface area (TPSA) is 13.1 Å². The number of aryl methyl sites for hydroxylation is 1. The summed E-state index contributed by atoms with van der Waals surface area (Å²) in [6, 6.07) is 3.07. The van der Waals surface area contributed by atoms with Gasteiger partial charge in [-0.3, -0.25) is 0 Å². The van der Waals surface area contributed by atoms with Crippen LogP contribution in [0.5, 0.6) is 0 Å². The Labute approximate surface area is 77.3 Å². The van der Waals surface area contributed by atoms with Gasteiger partial charge in [-0.1, -0.05) is 0 Å². The lowest BCUT2D eigenvalue weighted by Crippen LogP contribution is -1.77. The molecule has 0 aliphatic carbocycles. The van der Waals surface area contributed by atoms with Gasteiger partial charge in [-0.05, 0) is 40.5 Å². The first kappa shape index (κ1) is 7.80. The molecule has 0 spiro atoms. The molecular formula is C9H6BrFO. The third-order valence-corrected chi connectivity index (χ3v) is 2.43. The van der Waals surface area contributed by atoms with Crippen molar-refractivity contribution in [2.24, 2.45) is 0 Å². The first-order chi connectivity index (χ1) is 5.70. The summed E-state index contributed by atoms with van der Waals surface area (Å²) in [5, 5.41) is 0.560. The van der Waals surface area contributed by atoms with Crippen LogP contribution in [0.2, 0.25) is 0 Å². The van der Waals surface area contributed by atoms with E-state index in [4.69, 9.17) is 4.42 Å². The molecule has 1 heterocycles. The zero-order valence-corrected chi connectivity index (χ0v) is 7.98. The van der Waals surface area contributed by atoms with Crippen LogP contribution in [0.15, 0.2) is 27.3 Å². The lowest BCUT2D eigenvalue weighted by atomic mass is 10.2. The molecule has 0 N–H and O–H groups in total. The number of benzene rings is 1. The van der Waals surface area contributed by atoms with Crippen LogP contribution in [0.1, 0.15) is 5.56 Å². The lowest BCUT2D eigenvalue weighted by molar-refractivity contribution is 0.607. The Morgan fingerprint density at radius 1 is 1.42 bits per heavy atom. The van der Waals surface area contributed by atoms with E-state index in [1.54, 1.807) is 12.3 Å². The van der Waals surface area contributed by atoms with Gasteiger partial charge >= 0.3 is 0 Å². The molecule has 0 saturated heterocycles. The van der Waals surface area contributed by atoms with Crippen LogP contribution in [0.4, 0.5) is 4.39 Å². The summed E-state index contributed by atoms with van der Waals surface area (Å²) >= 11 is 3.28. The van der Waals surface area contributed by atoms with E-state index in [-0.39, 0.29) is 5.82 Å². The maximum absolute atomic E-state index is 13.2. The molecular weight excluding hydrogens is 223 g/mol. The van der Waals surface area contributed by atoms with Gasteiger partial charge in [0, 0.05) is 0 Å². The summed E-state index contributed by atoms with van der Waals surface area (Å²) in [5.41, 5.74) is 1.40. The zero-order valence-electron chi connectivity index (χ0n) is 6.40. The molecule has 62 valence electrons. The Morgan fingerprint density at radius 2 is 2.17 bits per heavy atom. The fourth-order valence-corrected chi connectivity index (χ4v) is 1.65. The van der Waals surface area contributed by atoms with E-state index in [1.165, 1.54) is 6.07 Å². The molecule has 0 fully saturated rings. The van der Waals surface area contributed by atoms with Crippen LogP contribution in [-0.4, -0.2) is 0 Å². The monoisotopic (exact) mass is 228 g/mol. The van der Waals surface area contributed by atoms with Crippen molar-refractivity contribution in [3.05, 3.63) is 34.2 Å². The zero-order chi connectivity index (χ0) is 8.72. The van der Waals surface area contributed by atoms with E-state index in [9.17, 15) is 4.39 Å². The lowest BCUT2D eigenvalue weighted by Gasteiger charge is -1.94. The molecule has 0 aliphatic heterocycles. The molecule has 0 amide bonds. The first-order valence-corrected chi connectivity index (χ1v) is 4.31. The average Bonchev–Trinajstić information content (AvgIpc) is 2.42. The van der Waals surface area contributed by atoms with Crippen molar-refractivity contribution < 1.29 is 8.81 Å². The first-order valence-electron chi connectivity index (χ1n) is 3.52. The van der Waals surface area contributed by atoms with E-state index in [2.05, 4.69) is 15.9 Å². The number of rotatable bonds is 0. The third-order valence-electron chi connectivity index (χ3n) is 1.81. The molecule has 0 aliphatic rings. The van der Waals surface area contributed by atoms with Gasteiger partial charge in [-0.2, -0.15) is 0 Å². The minimum Gasteiger partial charge on any atom is -0.463 e. The van der Waals surface area contributed by atoms with Gasteiger partial charge < -0.3 is 4.42 Å². The Balaban J connectivity index is 2.98. The molecule has 0 atom stereocenters. The quantitative estimate of drug-likeness (QED) is 0.672. The molecule has 0 radical (unpaired) electrons. The van der Waals surface area contributed by atoms with Crippen molar-refractivity contribution in [2.45, 2.75) is 6.92 Å². The summed E-state index contributed by atoms with van der Waals surface area (Å²) < 4.78 is 19.1. The molecule has 12 heavy (non-hydrogen) atoms. The van der Waals surface area contributed by atoms with Crippen molar-refractivity contribution in [1.29, 1.82) is 0 Å². The Kier molecular flexibility index (Phi) is 1.68. The molecule has 0 saturated carbocycles. The van der Waals surface area contributed by atoms with Gasteiger partial charge in [-0.25, -0.2) is 4.39 Å². The van der Waals surface area contributed by atoms with E-state index in [1.807, 2.05) is 6.92 Å². The number of furan rings is 1. The van der Waals surface area contributed by atoms with Crippen LogP contribution >= 0.6 is 15.9 Å². The maximum Gasteiger partial charge on any atom is 0.151 e. The molecule has 2 rings (SSSR count). The van der Waals surface area contributed by atoms with Crippen LogP contribution < -0.4 is 0 Å². The Bertz CT molecular complexity index is 433. The fourth-order valence-electron chi connectivity index (χ4n) is 1.22. The molecule has 1 nitrogen and oxygen atoms in total. The van der Waals surface area contributed by atoms with Crippen molar-refractivity contribution in [3.63, 3.8) is 0 Å². The van der Waals surface area contributed by atoms with Crippen molar-refractivity contribution >= 4 is 26.9 Å². The average molecular weight is 229 g/mol. The second-order valence-corrected chi connectivity index (χ2v) is 3.51. The molecule has 2 aromatic rings. The predicted octanol–water partition coefficient (Wildman–Crippen LogP) is 3.64. The SMILES string of the molecule is Cc1coc2c(Br)ccc(F)c12. The van der Waals surface area contributed by atoms with Gasteiger partial charge in [0.2, 0.25) is 0 Å². The van der Waals surface area contributed by atoms with E-state index in [0.717, 1.165) is 10.0 Å². The smallest absolute Gasteiger partial charge is 0.151 e. The van der Waals surface area contributed by atoms with E-state index >= 15 is 0 Å². The summed E-state index contributed by atoms with van der Waals surface area (Å²) in [4.78, 5) is 0. The number of halogens is 2. The van der Waals surface area contributed by atoms with Gasteiger partial charge in [0.1, 0.15) is 5.82 Å². The Hall–Kier alpha value is -0.830. The normalized spacial score (nSPS) is 10.9. The highest BCUT2D eigenvalue weighted by Gasteiger charge is 2.09. The number of hydrogen-bond acceptors (Lipinski definition) is 1. The van der Waals surface area contributed by atoms with E-state index in [0.29, 0.717) is 11.0 Å². The standard InChI is InChI=1S/C9H6BrFO/c1-5-4-12-9-6(10)2-3-7(11)8(5)9/h2-4H,1H3. The number of hydrogen-bond donors (Lipinski definition) is 0. The molecule has 3 heteroatoms. The highest BCUT2D eigenvalue weighted by atomic mass is 79.9. The van der Waals surface area contributed by atoms with Gasteiger partial charge in [0.05, 0.1) is 16.1 Å². The Morgan fingerprint density at radius 3 is 2.83 bits per heavy atom. The van der Waals surface area contributed by atoms with Crippen molar-refractivity contribution in [1.82, 2.24) is 0 Å². The molecule has 0 bridgehead atoms. The second kappa shape index (κ2) is 2.59. The summed E-state index contributed by atoms with van der Waals surface area (Å²) in [7, 11) is 0. The highest BCUT2D eigenvalue weighted by Crippen LogP contribution is 2.29. The summed E-state index contributed by atoms with van der Waals surface area (Å²) in [6.45, 7) is 1.82. The molecule has 1 aromatic carbocycles. The van der Waals surface area contributed by atoms with Crippen molar-refractivity contribution in [3.8, 4) is 0 Å². The van der Waals surface area contributed by atoms with E-state index < -0.39 is 0 Å². The fraction of sp³-hybridized carbons (Fsp3) is 0.111. The predicted molar refractivity (Wildman–Crippen MR) is 48.6 cm³/mol. The largest absolute Gasteiger partial charge is 0.463 e. The van der Waals surface area contributed by atoms with Crippen LogP contribution in [0.25, 0.3) is 11.0 Å². The van der Waals surface area contributed by atoms with Crippen LogP contribution in [-0.2, 0) is 0 Å².